The molecule has 0 radical (unpaired) electrons. The third-order valence-electron chi connectivity index (χ3n) is 9.27. The van der Waals surface area contributed by atoms with E-state index in [1.54, 1.807) is 43.5 Å². The minimum absolute atomic E-state index is 0.0312. The number of pyridine rings is 1. The average molecular weight is 746 g/mol. The van der Waals surface area contributed by atoms with Gasteiger partial charge >= 0.3 is 0 Å². The molecule has 14 heteroatoms. The van der Waals surface area contributed by atoms with Gasteiger partial charge in [-0.3, -0.25) is 29.2 Å². The number of anilines is 2. The number of nitrogens with one attached hydrogen (secondary N) is 1. The highest BCUT2D eigenvalue weighted by molar-refractivity contribution is 6.37. The Morgan fingerprint density at radius 1 is 0.904 bits per heavy atom. The SMILES string of the molecule is COc1cc(Nc2c(C#N)cnc3cc(OCCCN4CCN(C(=O)CCCN5C(=O)c6ccc(C)cc6C5=O)CC4)c(OC)cc23)c(Cl)cc1Cl. The number of rotatable bonds is 13. The Bertz CT molecular complexity index is 2080. The van der Waals surface area contributed by atoms with Crippen LogP contribution in [0.5, 0.6) is 17.2 Å². The molecule has 0 bridgehead atoms. The number of benzene rings is 3. The standard InChI is InChI=1S/C38H38Cl2N6O6/c1-23-7-8-25-26(16-23)38(49)46(37(25)48)10-4-6-35(47)45-13-11-44(12-14-45)9-5-15-52-34-19-30-27(17-33(34)51-3)36(24(21-41)22-42-30)43-31-20-32(50-2)29(40)18-28(31)39/h7-8,16-20,22H,4-6,9-15H2,1-3H3,(H,42,43). The summed E-state index contributed by atoms with van der Waals surface area (Å²) in [7, 11) is 3.06. The van der Waals surface area contributed by atoms with Crippen LogP contribution in [0.3, 0.4) is 0 Å². The maximum atomic E-state index is 12.9. The predicted octanol–water partition coefficient (Wildman–Crippen LogP) is 6.47. The molecule has 12 nitrogen and oxygen atoms in total. The zero-order valence-electron chi connectivity index (χ0n) is 29.1. The van der Waals surface area contributed by atoms with Crippen molar-refractivity contribution < 1.29 is 28.6 Å². The fraction of sp³-hybridized carbons (Fsp3) is 0.342. The fourth-order valence-electron chi connectivity index (χ4n) is 6.45. The lowest BCUT2D eigenvalue weighted by Crippen LogP contribution is -2.49. The van der Waals surface area contributed by atoms with E-state index in [1.165, 1.54) is 18.2 Å². The van der Waals surface area contributed by atoms with E-state index in [9.17, 15) is 19.6 Å². The van der Waals surface area contributed by atoms with Crippen LogP contribution < -0.4 is 19.5 Å². The van der Waals surface area contributed by atoms with Crippen molar-refractivity contribution >= 4 is 63.2 Å². The molecule has 0 aliphatic carbocycles. The highest BCUT2D eigenvalue weighted by Crippen LogP contribution is 2.40. The number of hydrogen-bond acceptors (Lipinski definition) is 10. The number of nitrogens with zero attached hydrogens (tertiary/aromatic N) is 5. The van der Waals surface area contributed by atoms with Crippen LogP contribution in [-0.2, 0) is 4.79 Å². The monoisotopic (exact) mass is 744 g/mol. The van der Waals surface area contributed by atoms with E-state index < -0.39 is 0 Å². The summed E-state index contributed by atoms with van der Waals surface area (Å²) in [5.41, 5.74) is 3.70. The number of carbonyl (C=O) groups excluding carboxylic acids is 3. The lowest BCUT2D eigenvalue weighted by molar-refractivity contribution is -0.133. The summed E-state index contributed by atoms with van der Waals surface area (Å²) in [6, 6.07) is 14.2. The molecule has 6 rings (SSSR count). The van der Waals surface area contributed by atoms with Gasteiger partial charge in [-0.15, -0.1) is 0 Å². The Labute approximate surface area is 311 Å². The predicted molar refractivity (Wildman–Crippen MR) is 198 cm³/mol. The summed E-state index contributed by atoms with van der Waals surface area (Å²) in [6.07, 6.45) is 2.95. The van der Waals surface area contributed by atoms with Crippen molar-refractivity contribution in [3.8, 4) is 23.3 Å². The molecular weight excluding hydrogens is 707 g/mol. The molecule has 270 valence electrons. The van der Waals surface area contributed by atoms with E-state index in [4.69, 9.17) is 37.4 Å². The number of aromatic nitrogens is 1. The van der Waals surface area contributed by atoms with Crippen LogP contribution in [0.2, 0.25) is 10.0 Å². The molecular formula is C38H38Cl2N6O6. The number of ether oxygens (including phenoxy) is 3. The van der Waals surface area contributed by atoms with Gasteiger partial charge in [0, 0.05) is 69.4 Å². The maximum absolute atomic E-state index is 12.9. The average Bonchev–Trinajstić information content (AvgIpc) is 3.38. The van der Waals surface area contributed by atoms with E-state index in [2.05, 4.69) is 21.3 Å². The zero-order valence-corrected chi connectivity index (χ0v) is 30.6. The van der Waals surface area contributed by atoms with Gasteiger partial charge in [0.2, 0.25) is 5.91 Å². The number of hydrogen-bond donors (Lipinski definition) is 1. The molecule has 0 atom stereocenters. The maximum Gasteiger partial charge on any atom is 0.261 e. The van der Waals surface area contributed by atoms with Gasteiger partial charge in [0.15, 0.2) is 11.5 Å². The quantitative estimate of drug-likeness (QED) is 0.120. The van der Waals surface area contributed by atoms with Crippen LogP contribution in [-0.4, -0.2) is 97.5 Å². The van der Waals surface area contributed by atoms with E-state index in [0.29, 0.717) is 92.4 Å². The Hall–Kier alpha value is -5.09. The van der Waals surface area contributed by atoms with Gasteiger partial charge in [0.05, 0.1) is 64.5 Å². The van der Waals surface area contributed by atoms with Crippen molar-refractivity contribution in [2.75, 3.05) is 65.4 Å². The minimum Gasteiger partial charge on any atom is -0.495 e. The number of imide groups is 1. The number of nitriles is 1. The molecule has 2 aliphatic rings. The van der Waals surface area contributed by atoms with Crippen molar-refractivity contribution in [3.63, 3.8) is 0 Å². The fourth-order valence-corrected chi connectivity index (χ4v) is 6.96. The zero-order chi connectivity index (χ0) is 36.9. The van der Waals surface area contributed by atoms with Crippen LogP contribution in [0.4, 0.5) is 11.4 Å². The number of amides is 3. The first kappa shape index (κ1) is 36.7. The molecule has 3 heterocycles. The number of methoxy groups -OCH3 is 2. The molecule has 3 amide bonds. The second-order valence-electron chi connectivity index (χ2n) is 12.6. The molecule has 1 aromatic heterocycles. The Balaban J connectivity index is 0.984. The largest absolute Gasteiger partial charge is 0.495 e. The van der Waals surface area contributed by atoms with Gasteiger partial charge < -0.3 is 24.4 Å². The molecule has 4 aromatic rings. The normalized spacial score (nSPS) is 14.4. The molecule has 1 saturated heterocycles. The molecule has 2 aliphatic heterocycles. The summed E-state index contributed by atoms with van der Waals surface area (Å²) in [6.45, 7) is 6.05. The summed E-state index contributed by atoms with van der Waals surface area (Å²) < 4.78 is 17.1. The highest BCUT2D eigenvalue weighted by atomic mass is 35.5. The molecule has 52 heavy (non-hydrogen) atoms. The van der Waals surface area contributed by atoms with E-state index in [1.807, 2.05) is 17.9 Å². The summed E-state index contributed by atoms with van der Waals surface area (Å²) >= 11 is 12.7. The third-order valence-corrected chi connectivity index (χ3v) is 9.88. The van der Waals surface area contributed by atoms with Crippen molar-refractivity contribution in [2.45, 2.75) is 26.2 Å². The smallest absolute Gasteiger partial charge is 0.261 e. The van der Waals surface area contributed by atoms with Crippen molar-refractivity contribution in [2.24, 2.45) is 0 Å². The van der Waals surface area contributed by atoms with Crippen LogP contribution in [0.1, 0.15) is 51.1 Å². The Kier molecular flexibility index (Phi) is 11.3. The van der Waals surface area contributed by atoms with Crippen LogP contribution in [0.25, 0.3) is 10.9 Å². The number of piperazine rings is 1. The summed E-state index contributed by atoms with van der Waals surface area (Å²) in [5, 5.41) is 14.5. The van der Waals surface area contributed by atoms with Crippen molar-refractivity contribution in [1.29, 1.82) is 5.26 Å². The molecule has 0 unspecified atom stereocenters. The molecule has 0 saturated carbocycles. The lowest BCUT2D eigenvalue weighted by atomic mass is 10.1. The number of halogens is 2. The topological polar surface area (TPSA) is 137 Å². The van der Waals surface area contributed by atoms with E-state index in [0.717, 1.165) is 31.6 Å². The van der Waals surface area contributed by atoms with Gasteiger partial charge in [0.25, 0.3) is 11.8 Å². The minimum atomic E-state index is -0.293. The van der Waals surface area contributed by atoms with Crippen LogP contribution in [0.15, 0.2) is 48.7 Å². The van der Waals surface area contributed by atoms with Gasteiger partial charge in [-0.2, -0.15) is 5.26 Å². The second kappa shape index (κ2) is 16.1. The van der Waals surface area contributed by atoms with Gasteiger partial charge in [0.1, 0.15) is 11.8 Å². The van der Waals surface area contributed by atoms with E-state index in [-0.39, 0.29) is 30.7 Å². The van der Waals surface area contributed by atoms with Crippen molar-refractivity contribution in [1.82, 2.24) is 19.7 Å². The lowest BCUT2D eigenvalue weighted by Gasteiger charge is -2.34. The Morgan fingerprint density at radius 2 is 1.65 bits per heavy atom. The first-order valence-electron chi connectivity index (χ1n) is 16.9. The van der Waals surface area contributed by atoms with Crippen LogP contribution in [0, 0.1) is 18.3 Å². The number of carbonyl (C=O) groups is 3. The van der Waals surface area contributed by atoms with Gasteiger partial charge in [-0.05, 0) is 44.0 Å². The first-order valence-corrected chi connectivity index (χ1v) is 17.7. The number of fused-ring (bicyclic) bond motifs is 2. The van der Waals surface area contributed by atoms with Crippen LogP contribution >= 0.6 is 23.2 Å². The van der Waals surface area contributed by atoms with Gasteiger partial charge in [-0.1, -0.05) is 34.8 Å². The third kappa shape index (κ3) is 7.72. The first-order chi connectivity index (χ1) is 25.1. The number of aryl methyl sites for hydroxylation is 1. The summed E-state index contributed by atoms with van der Waals surface area (Å²) in [4.78, 5) is 48.2. The second-order valence-corrected chi connectivity index (χ2v) is 13.4. The molecule has 3 aromatic carbocycles. The molecule has 0 spiro atoms. The Morgan fingerprint density at radius 3 is 2.38 bits per heavy atom. The molecule has 1 fully saturated rings. The van der Waals surface area contributed by atoms with Crippen molar-refractivity contribution in [3.05, 3.63) is 81.0 Å². The highest BCUT2D eigenvalue weighted by Gasteiger charge is 2.35. The molecule has 1 N–H and O–H groups in total. The van der Waals surface area contributed by atoms with Gasteiger partial charge in [-0.25, -0.2) is 0 Å². The van der Waals surface area contributed by atoms with E-state index >= 15 is 0 Å². The summed E-state index contributed by atoms with van der Waals surface area (Å²) in [5.74, 6) is 0.887.